The smallest absolute Gasteiger partial charge is 0.225 e. The van der Waals surface area contributed by atoms with Crippen molar-refractivity contribution in [3.05, 3.63) is 58.8 Å². The fourth-order valence-electron chi connectivity index (χ4n) is 3.37. The molecule has 6 heteroatoms. The Morgan fingerprint density at radius 1 is 1.07 bits per heavy atom. The number of anilines is 3. The van der Waals surface area contributed by atoms with Gasteiger partial charge in [-0.25, -0.2) is 4.98 Å². The van der Waals surface area contributed by atoms with Crippen LogP contribution in [0, 0.1) is 6.92 Å². The van der Waals surface area contributed by atoms with Crippen molar-refractivity contribution in [1.82, 2.24) is 15.0 Å². The van der Waals surface area contributed by atoms with Crippen molar-refractivity contribution in [3.63, 3.8) is 0 Å². The first-order valence-electron chi connectivity index (χ1n) is 9.27. The second kappa shape index (κ2) is 8.05. The third-order valence-corrected chi connectivity index (χ3v) is 5.76. The largest absolute Gasteiger partial charge is 0.351 e. The minimum Gasteiger partial charge on any atom is -0.351 e. The summed E-state index contributed by atoms with van der Waals surface area (Å²) in [5, 5.41) is 6.96. The lowest BCUT2D eigenvalue weighted by atomic mass is 10.2. The van der Waals surface area contributed by atoms with E-state index in [-0.39, 0.29) is 0 Å². The van der Waals surface area contributed by atoms with Gasteiger partial charge in [0, 0.05) is 40.2 Å². The molecule has 1 fully saturated rings. The van der Waals surface area contributed by atoms with Crippen LogP contribution in [-0.2, 0) is 0 Å². The first-order valence-corrected chi connectivity index (χ1v) is 10.1. The molecule has 1 aliphatic rings. The van der Waals surface area contributed by atoms with Crippen LogP contribution in [0.5, 0.6) is 0 Å². The molecular weight excluding hydrogens is 402 g/mol. The molecule has 0 saturated heterocycles. The molecular formula is C21H22BrN5. The minimum atomic E-state index is 0.453. The monoisotopic (exact) mass is 423 g/mol. The summed E-state index contributed by atoms with van der Waals surface area (Å²) in [6.07, 6.45) is 8.48. The molecule has 27 heavy (non-hydrogen) atoms. The van der Waals surface area contributed by atoms with Crippen LogP contribution >= 0.6 is 15.9 Å². The Balaban J connectivity index is 1.69. The van der Waals surface area contributed by atoms with E-state index in [0.29, 0.717) is 12.0 Å². The summed E-state index contributed by atoms with van der Waals surface area (Å²) in [5.41, 5.74) is 3.99. The second-order valence-corrected chi connectivity index (χ2v) is 7.72. The SMILES string of the molecule is Cc1c(Br)cccc1Nc1cc(-c2cccnc2)nc(NC2CCCC2)n1. The highest BCUT2D eigenvalue weighted by Gasteiger charge is 2.17. The molecule has 0 radical (unpaired) electrons. The Kier molecular flexibility index (Phi) is 5.34. The fraction of sp³-hybridized carbons (Fsp3) is 0.286. The zero-order valence-electron chi connectivity index (χ0n) is 15.2. The van der Waals surface area contributed by atoms with Gasteiger partial charge in [-0.3, -0.25) is 4.98 Å². The minimum absolute atomic E-state index is 0.453. The van der Waals surface area contributed by atoms with E-state index in [1.165, 1.54) is 25.7 Å². The van der Waals surface area contributed by atoms with Crippen LogP contribution in [0.2, 0.25) is 0 Å². The van der Waals surface area contributed by atoms with Crippen molar-refractivity contribution in [2.24, 2.45) is 0 Å². The summed E-state index contributed by atoms with van der Waals surface area (Å²) < 4.78 is 1.07. The molecule has 2 heterocycles. The van der Waals surface area contributed by atoms with Gasteiger partial charge in [0.1, 0.15) is 5.82 Å². The van der Waals surface area contributed by atoms with E-state index in [2.05, 4.69) is 44.5 Å². The van der Waals surface area contributed by atoms with Crippen molar-refractivity contribution in [3.8, 4) is 11.3 Å². The molecule has 2 aromatic heterocycles. The standard InChI is InChI=1S/C21H22BrN5/c1-14-17(22)9-4-10-18(14)25-20-12-19(15-6-5-11-23-13-15)26-21(27-20)24-16-7-2-3-8-16/h4-6,9-13,16H,2-3,7-8H2,1H3,(H2,24,25,26,27). The van der Waals surface area contributed by atoms with Gasteiger partial charge in [-0.05, 0) is 49.6 Å². The maximum absolute atomic E-state index is 4.74. The number of halogens is 1. The summed E-state index contributed by atoms with van der Waals surface area (Å²) in [5.74, 6) is 1.43. The maximum Gasteiger partial charge on any atom is 0.225 e. The Morgan fingerprint density at radius 2 is 1.93 bits per heavy atom. The molecule has 0 bridgehead atoms. The molecule has 1 saturated carbocycles. The van der Waals surface area contributed by atoms with Gasteiger partial charge in [0.2, 0.25) is 5.95 Å². The van der Waals surface area contributed by atoms with Gasteiger partial charge in [0.15, 0.2) is 0 Å². The first-order chi connectivity index (χ1) is 13.2. The van der Waals surface area contributed by atoms with Gasteiger partial charge in [-0.15, -0.1) is 0 Å². The number of hydrogen-bond donors (Lipinski definition) is 2. The highest BCUT2D eigenvalue weighted by Crippen LogP contribution is 2.29. The van der Waals surface area contributed by atoms with Crippen molar-refractivity contribution in [1.29, 1.82) is 0 Å². The molecule has 138 valence electrons. The van der Waals surface area contributed by atoms with Gasteiger partial charge in [-0.1, -0.05) is 34.8 Å². The summed E-state index contributed by atoms with van der Waals surface area (Å²) in [6.45, 7) is 2.08. The van der Waals surface area contributed by atoms with Gasteiger partial charge in [0.05, 0.1) is 5.69 Å². The lowest BCUT2D eigenvalue weighted by molar-refractivity contribution is 0.744. The summed E-state index contributed by atoms with van der Waals surface area (Å²) in [4.78, 5) is 13.7. The van der Waals surface area contributed by atoms with Crippen LogP contribution in [0.1, 0.15) is 31.2 Å². The number of benzene rings is 1. The molecule has 4 rings (SSSR count). The number of rotatable bonds is 5. The summed E-state index contributed by atoms with van der Waals surface area (Å²) in [7, 11) is 0. The van der Waals surface area contributed by atoms with Crippen molar-refractivity contribution >= 4 is 33.4 Å². The Labute approximate surface area is 167 Å². The lowest BCUT2D eigenvalue weighted by Crippen LogP contribution is -2.17. The quantitative estimate of drug-likeness (QED) is 0.550. The Hall–Kier alpha value is -2.47. The van der Waals surface area contributed by atoms with E-state index in [1.54, 1.807) is 6.20 Å². The number of pyridine rings is 1. The molecule has 0 spiro atoms. The molecule has 5 nitrogen and oxygen atoms in total. The average molecular weight is 424 g/mol. The third kappa shape index (κ3) is 4.27. The first kappa shape index (κ1) is 17.9. The fourth-order valence-corrected chi connectivity index (χ4v) is 3.74. The molecule has 0 aliphatic heterocycles. The van der Waals surface area contributed by atoms with E-state index in [4.69, 9.17) is 9.97 Å². The molecule has 0 unspecified atom stereocenters. The third-order valence-electron chi connectivity index (χ3n) is 4.90. The van der Waals surface area contributed by atoms with Crippen LogP contribution in [0.15, 0.2) is 53.3 Å². The molecule has 1 aliphatic carbocycles. The number of nitrogens with zero attached hydrogens (tertiary/aromatic N) is 3. The van der Waals surface area contributed by atoms with E-state index in [0.717, 1.165) is 32.8 Å². The van der Waals surface area contributed by atoms with Gasteiger partial charge < -0.3 is 10.6 Å². The van der Waals surface area contributed by atoms with Crippen molar-refractivity contribution in [2.45, 2.75) is 38.6 Å². The van der Waals surface area contributed by atoms with Gasteiger partial charge >= 0.3 is 0 Å². The Morgan fingerprint density at radius 3 is 2.70 bits per heavy atom. The lowest BCUT2D eigenvalue weighted by Gasteiger charge is -2.16. The average Bonchev–Trinajstić information content (AvgIpc) is 3.19. The van der Waals surface area contributed by atoms with Crippen LogP contribution in [0.25, 0.3) is 11.3 Å². The van der Waals surface area contributed by atoms with E-state index >= 15 is 0 Å². The topological polar surface area (TPSA) is 62.7 Å². The molecule has 2 N–H and O–H groups in total. The van der Waals surface area contributed by atoms with E-state index < -0.39 is 0 Å². The Bertz CT molecular complexity index is 923. The highest BCUT2D eigenvalue weighted by atomic mass is 79.9. The zero-order valence-corrected chi connectivity index (χ0v) is 16.8. The predicted octanol–water partition coefficient (Wildman–Crippen LogP) is 5.71. The number of nitrogens with one attached hydrogen (secondary N) is 2. The van der Waals surface area contributed by atoms with Gasteiger partial charge in [-0.2, -0.15) is 4.98 Å². The highest BCUT2D eigenvalue weighted by molar-refractivity contribution is 9.10. The summed E-state index contributed by atoms with van der Waals surface area (Å²) in [6, 6.07) is 12.5. The van der Waals surface area contributed by atoms with Crippen molar-refractivity contribution in [2.75, 3.05) is 10.6 Å². The normalized spacial score (nSPS) is 14.3. The zero-order chi connectivity index (χ0) is 18.6. The second-order valence-electron chi connectivity index (χ2n) is 6.87. The number of hydrogen-bond acceptors (Lipinski definition) is 5. The van der Waals surface area contributed by atoms with E-state index in [9.17, 15) is 0 Å². The van der Waals surface area contributed by atoms with Gasteiger partial charge in [0.25, 0.3) is 0 Å². The van der Waals surface area contributed by atoms with Crippen LogP contribution in [0.3, 0.4) is 0 Å². The molecule has 1 aromatic carbocycles. The molecule has 0 atom stereocenters. The van der Waals surface area contributed by atoms with Crippen LogP contribution in [0.4, 0.5) is 17.5 Å². The molecule has 3 aromatic rings. The molecule has 0 amide bonds. The summed E-state index contributed by atoms with van der Waals surface area (Å²) >= 11 is 3.59. The van der Waals surface area contributed by atoms with Crippen LogP contribution in [-0.4, -0.2) is 21.0 Å². The van der Waals surface area contributed by atoms with E-state index in [1.807, 2.05) is 36.5 Å². The van der Waals surface area contributed by atoms with Crippen molar-refractivity contribution < 1.29 is 0 Å². The van der Waals surface area contributed by atoms with Crippen LogP contribution < -0.4 is 10.6 Å². The number of aromatic nitrogens is 3. The maximum atomic E-state index is 4.74. The predicted molar refractivity (Wildman–Crippen MR) is 113 cm³/mol.